The fourth-order valence-electron chi connectivity index (χ4n) is 2.17. The number of hydrogen-bond donors (Lipinski definition) is 2. The second-order valence-corrected chi connectivity index (χ2v) is 4.24. The quantitative estimate of drug-likeness (QED) is 0.590. The van der Waals surface area contributed by atoms with E-state index >= 15 is 0 Å². The predicted molar refractivity (Wildman–Crippen MR) is 55.2 cm³/mol. The molecule has 2 aliphatic rings. The molecule has 2 rings (SSSR count). The molecule has 0 aromatic heterocycles. The maximum Gasteiger partial charge on any atom is 0.245 e. The van der Waals surface area contributed by atoms with Gasteiger partial charge in [0.15, 0.2) is 0 Å². The minimum absolute atomic E-state index is 0.00358. The highest BCUT2D eigenvalue weighted by Gasteiger charge is 2.33. The van der Waals surface area contributed by atoms with Gasteiger partial charge in [-0.1, -0.05) is 0 Å². The highest BCUT2D eigenvalue weighted by Crippen LogP contribution is 2.12. The molecule has 0 bridgehead atoms. The van der Waals surface area contributed by atoms with Crippen LogP contribution in [0.4, 0.5) is 0 Å². The predicted octanol–water partition coefficient (Wildman–Crippen LogP) is -0.915. The second-order valence-electron chi connectivity index (χ2n) is 4.24. The summed E-state index contributed by atoms with van der Waals surface area (Å²) in [6, 6.07) is -0.0539. The molecular weight excluding hydrogens is 194 g/mol. The summed E-state index contributed by atoms with van der Waals surface area (Å²) in [5.41, 5.74) is 0. The molecule has 0 spiro atoms. The first kappa shape index (κ1) is 10.4. The number of amides is 2. The molecule has 5 heteroatoms. The third-order valence-corrected chi connectivity index (χ3v) is 3.08. The topological polar surface area (TPSA) is 61.4 Å². The molecule has 0 saturated carbocycles. The molecule has 5 nitrogen and oxygen atoms in total. The van der Waals surface area contributed by atoms with E-state index in [1.54, 1.807) is 0 Å². The molecule has 2 saturated heterocycles. The molecule has 0 aliphatic carbocycles. The summed E-state index contributed by atoms with van der Waals surface area (Å²) in [5, 5.41) is 5.96. The summed E-state index contributed by atoms with van der Waals surface area (Å²) in [6.07, 6.45) is 1.13. The molecule has 2 amide bonds. The largest absolute Gasteiger partial charge is 0.344 e. The van der Waals surface area contributed by atoms with Crippen molar-refractivity contribution >= 4 is 11.8 Å². The maximum atomic E-state index is 12.0. The molecule has 2 N–H and O–H groups in total. The lowest BCUT2D eigenvalue weighted by molar-refractivity contribution is -0.137. The Bertz CT molecular complexity index is 280. The fourth-order valence-corrected chi connectivity index (χ4v) is 2.17. The molecule has 15 heavy (non-hydrogen) atoms. The van der Waals surface area contributed by atoms with Crippen molar-refractivity contribution < 1.29 is 9.59 Å². The van der Waals surface area contributed by atoms with E-state index in [-0.39, 0.29) is 23.9 Å². The van der Waals surface area contributed by atoms with Crippen molar-refractivity contribution in [2.24, 2.45) is 0 Å². The van der Waals surface area contributed by atoms with Crippen LogP contribution in [0.15, 0.2) is 0 Å². The second kappa shape index (κ2) is 4.18. The molecule has 2 aliphatic heterocycles. The number of nitrogens with one attached hydrogen (secondary N) is 2. The van der Waals surface area contributed by atoms with Gasteiger partial charge in [-0.2, -0.15) is 0 Å². The lowest BCUT2D eigenvalue weighted by Crippen LogP contribution is -2.56. The van der Waals surface area contributed by atoms with Crippen LogP contribution < -0.4 is 10.6 Å². The van der Waals surface area contributed by atoms with Gasteiger partial charge in [-0.3, -0.25) is 9.59 Å². The van der Waals surface area contributed by atoms with Gasteiger partial charge in [0.05, 0.1) is 0 Å². The molecule has 84 valence electrons. The number of nitrogens with zero attached hydrogens (tertiary/aromatic N) is 1. The first-order valence-corrected chi connectivity index (χ1v) is 5.49. The maximum absolute atomic E-state index is 12.0. The summed E-state index contributed by atoms with van der Waals surface area (Å²) in [4.78, 5) is 24.9. The van der Waals surface area contributed by atoms with Crippen molar-refractivity contribution in [3.63, 3.8) is 0 Å². The Morgan fingerprint density at radius 3 is 2.93 bits per heavy atom. The van der Waals surface area contributed by atoms with Crippen LogP contribution in [0.25, 0.3) is 0 Å². The van der Waals surface area contributed by atoms with Crippen molar-refractivity contribution in [1.82, 2.24) is 15.5 Å². The zero-order valence-electron chi connectivity index (χ0n) is 8.95. The Hall–Kier alpha value is -1.10. The molecular formula is C10H17N3O2. The van der Waals surface area contributed by atoms with E-state index in [9.17, 15) is 9.59 Å². The number of hydrogen-bond acceptors (Lipinski definition) is 3. The summed E-state index contributed by atoms with van der Waals surface area (Å²) >= 11 is 0. The van der Waals surface area contributed by atoms with Gasteiger partial charge in [0.1, 0.15) is 6.04 Å². The first-order chi connectivity index (χ1) is 7.18. The van der Waals surface area contributed by atoms with Gasteiger partial charge in [0.25, 0.3) is 0 Å². The van der Waals surface area contributed by atoms with Crippen molar-refractivity contribution in [2.45, 2.75) is 31.8 Å². The Labute approximate surface area is 89.2 Å². The van der Waals surface area contributed by atoms with Gasteiger partial charge in [-0.05, 0) is 13.3 Å². The van der Waals surface area contributed by atoms with Gasteiger partial charge in [-0.25, -0.2) is 0 Å². The van der Waals surface area contributed by atoms with Crippen LogP contribution in [0.3, 0.4) is 0 Å². The van der Waals surface area contributed by atoms with Crippen LogP contribution in [0.2, 0.25) is 0 Å². The van der Waals surface area contributed by atoms with Crippen LogP contribution in [0.5, 0.6) is 0 Å². The van der Waals surface area contributed by atoms with E-state index in [1.165, 1.54) is 0 Å². The van der Waals surface area contributed by atoms with E-state index in [1.807, 2.05) is 11.8 Å². The summed E-state index contributed by atoms with van der Waals surface area (Å²) in [5.74, 6) is 0.0750. The first-order valence-electron chi connectivity index (χ1n) is 5.49. The fraction of sp³-hybridized carbons (Fsp3) is 0.800. The van der Waals surface area contributed by atoms with Crippen molar-refractivity contribution in [3.8, 4) is 0 Å². The van der Waals surface area contributed by atoms with Gasteiger partial charge in [0, 0.05) is 32.1 Å². The van der Waals surface area contributed by atoms with Gasteiger partial charge in [-0.15, -0.1) is 0 Å². The average molecular weight is 211 g/mol. The molecule has 0 aromatic carbocycles. The summed E-state index contributed by atoms with van der Waals surface area (Å²) < 4.78 is 0. The Balaban J connectivity index is 1.97. The lowest BCUT2D eigenvalue weighted by Gasteiger charge is -2.35. The summed E-state index contributed by atoms with van der Waals surface area (Å²) in [7, 11) is 0. The summed E-state index contributed by atoms with van der Waals surface area (Å²) in [6.45, 7) is 4.45. The standard InChI is InChI=1S/C10H17N3O2/c1-7-6-11-4-5-13(7)10(15)8-2-3-9(14)12-8/h7-8,11H,2-6H2,1H3,(H,12,14)/t7-,8-/m0/s1. The Morgan fingerprint density at radius 1 is 1.53 bits per heavy atom. The SMILES string of the molecule is C[C@H]1CNCCN1C(=O)[C@@H]1CCC(=O)N1. The Kier molecular flexibility index (Phi) is 2.90. The number of piperazine rings is 1. The molecule has 2 heterocycles. The molecule has 0 unspecified atom stereocenters. The molecule has 2 fully saturated rings. The van der Waals surface area contributed by atoms with E-state index in [4.69, 9.17) is 0 Å². The third kappa shape index (κ3) is 2.12. The zero-order chi connectivity index (χ0) is 10.8. The van der Waals surface area contributed by atoms with Crippen LogP contribution >= 0.6 is 0 Å². The monoisotopic (exact) mass is 211 g/mol. The van der Waals surface area contributed by atoms with Gasteiger partial charge >= 0.3 is 0 Å². The van der Waals surface area contributed by atoms with E-state index < -0.39 is 0 Å². The minimum Gasteiger partial charge on any atom is -0.344 e. The van der Waals surface area contributed by atoms with E-state index in [0.717, 1.165) is 19.6 Å². The highest BCUT2D eigenvalue weighted by atomic mass is 16.2. The highest BCUT2D eigenvalue weighted by molar-refractivity contribution is 5.91. The number of carbonyl (C=O) groups excluding carboxylic acids is 2. The van der Waals surface area contributed by atoms with Crippen LogP contribution in [-0.4, -0.2) is 48.4 Å². The van der Waals surface area contributed by atoms with Crippen LogP contribution in [-0.2, 0) is 9.59 Å². The zero-order valence-corrected chi connectivity index (χ0v) is 8.95. The van der Waals surface area contributed by atoms with Gasteiger partial charge < -0.3 is 15.5 Å². The third-order valence-electron chi connectivity index (χ3n) is 3.08. The molecule has 2 atom stereocenters. The van der Waals surface area contributed by atoms with E-state index in [2.05, 4.69) is 10.6 Å². The van der Waals surface area contributed by atoms with Crippen molar-refractivity contribution in [2.75, 3.05) is 19.6 Å². The Morgan fingerprint density at radius 2 is 2.33 bits per heavy atom. The van der Waals surface area contributed by atoms with Crippen molar-refractivity contribution in [1.29, 1.82) is 0 Å². The average Bonchev–Trinajstić information content (AvgIpc) is 2.65. The molecule has 0 radical (unpaired) electrons. The number of rotatable bonds is 1. The minimum atomic E-state index is -0.280. The number of carbonyl (C=O) groups is 2. The normalized spacial score (nSPS) is 31.5. The van der Waals surface area contributed by atoms with E-state index in [0.29, 0.717) is 12.8 Å². The van der Waals surface area contributed by atoms with Crippen LogP contribution in [0, 0.1) is 0 Å². The van der Waals surface area contributed by atoms with Gasteiger partial charge in [0.2, 0.25) is 11.8 Å². The van der Waals surface area contributed by atoms with Crippen LogP contribution in [0.1, 0.15) is 19.8 Å². The van der Waals surface area contributed by atoms with Crippen molar-refractivity contribution in [3.05, 3.63) is 0 Å². The smallest absolute Gasteiger partial charge is 0.245 e. The molecule has 0 aromatic rings. The lowest BCUT2D eigenvalue weighted by atomic mass is 10.1.